The molecule has 0 bridgehead atoms. The quantitative estimate of drug-likeness (QED) is 0.795. The van der Waals surface area contributed by atoms with Crippen LogP contribution in [0.15, 0.2) is 30.5 Å². The second-order valence-corrected chi connectivity index (χ2v) is 5.83. The van der Waals surface area contributed by atoms with Gasteiger partial charge in [-0.3, -0.25) is 19.4 Å². The van der Waals surface area contributed by atoms with Gasteiger partial charge < -0.3 is 0 Å². The lowest BCUT2D eigenvalue weighted by Gasteiger charge is -2.14. The van der Waals surface area contributed by atoms with E-state index in [1.54, 1.807) is 15.8 Å². The van der Waals surface area contributed by atoms with Crippen molar-refractivity contribution in [2.75, 3.05) is 11.4 Å². The van der Waals surface area contributed by atoms with Crippen molar-refractivity contribution in [2.45, 2.75) is 11.2 Å². The number of pyridine rings is 1. The van der Waals surface area contributed by atoms with Crippen molar-refractivity contribution >= 4 is 27.7 Å². The largest absolute Gasteiger partial charge is 0.296 e. The van der Waals surface area contributed by atoms with E-state index < -0.39 is 0 Å². The average Bonchev–Trinajstić information content (AvgIpc) is 2.93. The number of hydrogen-bond acceptors (Lipinski definition) is 3. The van der Waals surface area contributed by atoms with Crippen molar-refractivity contribution in [3.05, 3.63) is 30.5 Å². The number of amides is 1. The Hall–Kier alpha value is -1.69. The molecule has 1 unspecified atom stereocenters. The lowest BCUT2D eigenvalue weighted by molar-refractivity contribution is -0.117. The Kier molecular flexibility index (Phi) is 3.10. The molecule has 19 heavy (non-hydrogen) atoms. The number of anilines is 1. The van der Waals surface area contributed by atoms with Crippen LogP contribution in [0.1, 0.15) is 6.42 Å². The average molecular weight is 321 g/mol. The first-order valence-electron chi connectivity index (χ1n) is 6.05. The van der Waals surface area contributed by atoms with Gasteiger partial charge in [0.25, 0.3) is 0 Å². The van der Waals surface area contributed by atoms with Crippen LogP contribution in [0.2, 0.25) is 0 Å². The zero-order valence-corrected chi connectivity index (χ0v) is 12.0. The van der Waals surface area contributed by atoms with Gasteiger partial charge in [-0.2, -0.15) is 5.10 Å². The van der Waals surface area contributed by atoms with Crippen molar-refractivity contribution in [3.63, 3.8) is 0 Å². The van der Waals surface area contributed by atoms with Gasteiger partial charge in [0.2, 0.25) is 5.91 Å². The molecule has 3 rings (SSSR count). The first-order valence-corrected chi connectivity index (χ1v) is 6.96. The molecule has 1 saturated heterocycles. The third-order valence-electron chi connectivity index (χ3n) is 3.14. The maximum atomic E-state index is 11.9. The zero-order chi connectivity index (χ0) is 13.4. The molecule has 0 N–H and O–H groups in total. The van der Waals surface area contributed by atoms with E-state index >= 15 is 0 Å². The van der Waals surface area contributed by atoms with E-state index in [1.165, 1.54) is 0 Å². The fraction of sp³-hybridized carbons (Fsp3) is 0.308. The Balaban J connectivity index is 1.96. The smallest absolute Gasteiger partial charge is 0.229 e. The molecular weight excluding hydrogens is 308 g/mol. The molecule has 1 aliphatic heterocycles. The Labute approximate surface area is 119 Å². The molecule has 0 saturated carbocycles. The van der Waals surface area contributed by atoms with Crippen LogP contribution in [0.3, 0.4) is 0 Å². The highest BCUT2D eigenvalue weighted by atomic mass is 79.9. The molecule has 1 fully saturated rings. The van der Waals surface area contributed by atoms with Crippen molar-refractivity contribution in [3.8, 4) is 11.4 Å². The molecule has 2 aromatic rings. The fourth-order valence-corrected chi connectivity index (χ4v) is 2.80. The van der Waals surface area contributed by atoms with Crippen molar-refractivity contribution in [2.24, 2.45) is 7.05 Å². The number of hydrogen-bond donors (Lipinski definition) is 0. The summed E-state index contributed by atoms with van der Waals surface area (Å²) >= 11 is 3.49. The van der Waals surface area contributed by atoms with Crippen LogP contribution >= 0.6 is 15.9 Å². The number of carbonyl (C=O) groups excluding carboxylic acids is 1. The van der Waals surface area contributed by atoms with Gasteiger partial charge in [-0.1, -0.05) is 22.0 Å². The summed E-state index contributed by atoms with van der Waals surface area (Å²) in [6, 6.07) is 7.61. The Morgan fingerprint density at radius 3 is 2.84 bits per heavy atom. The van der Waals surface area contributed by atoms with Crippen molar-refractivity contribution in [1.29, 1.82) is 0 Å². The molecule has 0 radical (unpaired) electrons. The summed E-state index contributed by atoms with van der Waals surface area (Å²) in [4.78, 5) is 18.2. The van der Waals surface area contributed by atoms with Crippen LogP contribution in [0.4, 0.5) is 5.82 Å². The maximum absolute atomic E-state index is 11.9. The molecule has 0 aliphatic carbocycles. The van der Waals surface area contributed by atoms with Gasteiger partial charge in [-0.25, -0.2) is 0 Å². The summed E-state index contributed by atoms with van der Waals surface area (Å²) in [7, 11) is 1.84. The summed E-state index contributed by atoms with van der Waals surface area (Å²) in [6.07, 6.45) is 2.27. The molecule has 98 valence electrons. The number of nitrogens with zero attached hydrogens (tertiary/aromatic N) is 4. The second-order valence-electron chi connectivity index (χ2n) is 4.53. The lowest BCUT2D eigenvalue weighted by Crippen LogP contribution is -2.26. The highest BCUT2D eigenvalue weighted by molar-refractivity contribution is 9.09. The number of aryl methyl sites for hydroxylation is 1. The Bertz CT molecular complexity index is 610. The lowest BCUT2D eigenvalue weighted by atomic mass is 10.3. The molecule has 0 aromatic carbocycles. The minimum atomic E-state index is 0.123. The van der Waals surface area contributed by atoms with Gasteiger partial charge in [0.1, 0.15) is 11.5 Å². The van der Waals surface area contributed by atoms with E-state index in [9.17, 15) is 4.79 Å². The Morgan fingerprint density at radius 2 is 2.21 bits per heavy atom. The number of rotatable bonds is 2. The van der Waals surface area contributed by atoms with Gasteiger partial charge in [-0.05, 0) is 12.1 Å². The highest BCUT2D eigenvalue weighted by Gasteiger charge is 2.31. The first-order chi connectivity index (χ1) is 9.15. The topological polar surface area (TPSA) is 51.0 Å². The predicted molar refractivity (Wildman–Crippen MR) is 76.1 cm³/mol. The standard InChI is InChI=1S/C13H13BrN4O/c1-17-12(18-8-9(14)6-13(18)19)7-11(16-17)10-4-2-3-5-15-10/h2-5,7,9H,6,8H2,1H3. The van der Waals surface area contributed by atoms with E-state index in [0.717, 1.165) is 17.2 Å². The maximum Gasteiger partial charge on any atom is 0.229 e. The molecule has 1 amide bonds. The molecule has 3 heterocycles. The van der Waals surface area contributed by atoms with Crippen LogP contribution in [0, 0.1) is 0 Å². The summed E-state index contributed by atoms with van der Waals surface area (Å²) in [5, 5.41) is 4.43. The van der Waals surface area contributed by atoms with Gasteiger partial charge in [0, 0.05) is 37.1 Å². The van der Waals surface area contributed by atoms with E-state index in [2.05, 4.69) is 26.0 Å². The van der Waals surface area contributed by atoms with E-state index in [-0.39, 0.29) is 10.7 Å². The minimum Gasteiger partial charge on any atom is -0.296 e. The second kappa shape index (κ2) is 4.77. The van der Waals surface area contributed by atoms with Gasteiger partial charge in [0.05, 0.1) is 5.69 Å². The number of halogens is 1. The van der Waals surface area contributed by atoms with Crippen molar-refractivity contribution < 1.29 is 4.79 Å². The van der Waals surface area contributed by atoms with Gasteiger partial charge in [0.15, 0.2) is 0 Å². The van der Waals surface area contributed by atoms with Crippen molar-refractivity contribution in [1.82, 2.24) is 14.8 Å². The minimum absolute atomic E-state index is 0.123. The summed E-state index contributed by atoms with van der Waals surface area (Å²) in [5.74, 6) is 0.935. The SMILES string of the molecule is Cn1nc(-c2ccccn2)cc1N1CC(Br)CC1=O. The highest BCUT2D eigenvalue weighted by Crippen LogP contribution is 2.27. The molecular formula is C13H13BrN4O. The number of alkyl halides is 1. The zero-order valence-electron chi connectivity index (χ0n) is 10.5. The normalized spacial score (nSPS) is 19.2. The molecule has 2 aromatic heterocycles. The fourth-order valence-electron chi connectivity index (χ4n) is 2.23. The monoisotopic (exact) mass is 320 g/mol. The van der Waals surface area contributed by atoms with E-state index in [1.807, 2.05) is 31.3 Å². The van der Waals surface area contributed by atoms with E-state index in [0.29, 0.717) is 13.0 Å². The van der Waals surface area contributed by atoms with Gasteiger partial charge >= 0.3 is 0 Å². The third kappa shape index (κ3) is 2.28. The Morgan fingerprint density at radius 1 is 1.37 bits per heavy atom. The first kappa shape index (κ1) is 12.3. The summed E-state index contributed by atoms with van der Waals surface area (Å²) in [6.45, 7) is 0.681. The number of aromatic nitrogens is 3. The van der Waals surface area contributed by atoms with Crippen LogP contribution in [-0.2, 0) is 11.8 Å². The van der Waals surface area contributed by atoms with Crippen LogP contribution in [0.25, 0.3) is 11.4 Å². The van der Waals surface area contributed by atoms with E-state index in [4.69, 9.17) is 0 Å². The molecule has 1 aliphatic rings. The summed E-state index contributed by atoms with van der Waals surface area (Å²) in [5.41, 5.74) is 1.59. The van der Waals surface area contributed by atoms with Crippen LogP contribution in [0.5, 0.6) is 0 Å². The number of carbonyl (C=O) groups is 1. The molecule has 5 nitrogen and oxygen atoms in total. The van der Waals surface area contributed by atoms with Crippen LogP contribution < -0.4 is 4.90 Å². The molecule has 0 spiro atoms. The predicted octanol–water partition coefficient (Wildman–Crippen LogP) is 1.98. The summed E-state index contributed by atoms with van der Waals surface area (Å²) < 4.78 is 1.73. The van der Waals surface area contributed by atoms with Gasteiger partial charge in [-0.15, -0.1) is 0 Å². The third-order valence-corrected chi connectivity index (χ3v) is 3.75. The van der Waals surface area contributed by atoms with Crippen LogP contribution in [-0.4, -0.2) is 32.0 Å². The molecule has 6 heteroatoms. The molecule has 1 atom stereocenters.